The van der Waals surface area contributed by atoms with Gasteiger partial charge in [0.1, 0.15) is 0 Å². The van der Waals surface area contributed by atoms with Gasteiger partial charge in [-0.3, -0.25) is 4.79 Å². The van der Waals surface area contributed by atoms with Crippen molar-refractivity contribution in [3.63, 3.8) is 0 Å². The Morgan fingerprint density at radius 3 is 2.76 bits per heavy atom. The van der Waals surface area contributed by atoms with Crippen LogP contribution in [0.1, 0.15) is 30.9 Å². The molecule has 0 aliphatic carbocycles. The van der Waals surface area contributed by atoms with E-state index in [1.165, 1.54) is 11.1 Å². The summed E-state index contributed by atoms with van der Waals surface area (Å²) in [5, 5.41) is 2.86. The fourth-order valence-corrected chi connectivity index (χ4v) is 1.62. The fraction of sp³-hybridized carbons (Fsp3) is 0.500. The smallest absolute Gasteiger partial charge is 0.220 e. The number of carbonyl (C=O) groups excluding carboxylic acids is 1. The van der Waals surface area contributed by atoms with Crippen molar-refractivity contribution < 1.29 is 4.79 Å². The van der Waals surface area contributed by atoms with Crippen molar-refractivity contribution >= 4 is 5.91 Å². The van der Waals surface area contributed by atoms with E-state index in [0.29, 0.717) is 13.0 Å². The van der Waals surface area contributed by atoms with E-state index in [1.54, 1.807) is 0 Å². The van der Waals surface area contributed by atoms with E-state index in [-0.39, 0.29) is 11.9 Å². The summed E-state index contributed by atoms with van der Waals surface area (Å²) in [6, 6.07) is 8.23. The van der Waals surface area contributed by atoms with E-state index in [4.69, 9.17) is 5.73 Å². The minimum absolute atomic E-state index is 0.0670. The Morgan fingerprint density at radius 1 is 1.41 bits per heavy atom. The van der Waals surface area contributed by atoms with Gasteiger partial charge in [-0.25, -0.2) is 0 Å². The molecular formula is C14H22N2O. The number of nitrogens with two attached hydrogens (primary N) is 1. The Labute approximate surface area is 103 Å². The molecule has 1 rings (SSSR count). The molecule has 0 saturated carbocycles. The van der Waals surface area contributed by atoms with E-state index in [2.05, 4.69) is 24.4 Å². The first-order valence-corrected chi connectivity index (χ1v) is 6.20. The number of amides is 1. The van der Waals surface area contributed by atoms with E-state index in [0.717, 1.165) is 12.8 Å². The molecule has 1 amide bonds. The van der Waals surface area contributed by atoms with Crippen molar-refractivity contribution in [2.24, 2.45) is 5.73 Å². The number of hydrogen-bond donors (Lipinski definition) is 2. The Morgan fingerprint density at radius 2 is 2.12 bits per heavy atom. The zero-order valence-corrected chi connectivity index (χ0v) is 10.7. The third kappa shape index (κ3) is 5.00. The second-order valence-corrected chi connectivity index (χ2v) is 4.40. The molecule has 94 valence electrons. The molecular weight excluding hydrogens is 212 g/mol. The van der Waals surface area contributed by atoms with Gasteiger partial charge in [0.2, 0.25) is 5.91 Å². The van der Waals surface area contributed by atoms with Crippen LogP contribution in [0.25, 0.3) is 0 Å². The Balaban J connectivity index is 2.31. The Hall–Kier alpha value is -1.35. The van der Waals surface area contributed by atoms with E-state index in [9.17, 15) is 4.79 Å². The average Bonchev–Trinajstić information content (AvgIpc) is 2.35. The Bertz CT molecular complexity index is 363. The van der Waals surface area contributed by atoms with Crippen molar-refractivity contribution in [2.75, 3.05) is 6.54 Å². The summed E-state index contributed by atoms with van der Waals surface area (Å²) >= 11 is 0. The monoisotopic (exact) mass is 234 g/mol. The molecule has 0 heterocycles. The van der Waals surface area contributed by atoms with Crippen molar-refractivity contribution in [2.45, 2.75) is 39.2 Å². The van der Waals surface area contributed by atoms with Crippen molar-refractivity contribution in [3.8, 4) is 0 Å². The second kappa shape index (κ2) is 7.07. The highest BCUT2D eigenvalue weighted by Crippen LogP contribution is 2.09. The second-order valence-electron chi connectivity index (χ2n) is 4.40. The highest BCUT2D eigenvalue weighted by Gasteiger charge is 2.05. The Kier molecular flexibility index (Phi) is 5.70. The quantitative estimate of drug-likeness (QED) is 0.788. The van der Waals surface area contributed by atoms with Crippen LogP contribution in [0.3, 0.4) is 0 Å². The minimum atomic E-state index is 0.0670. The van der Waals surface area contributed by atoms with Crippen molar-refractivity contribution in [1.82, 2.24) is 5.32 Å². The molecule has 17 heavy (non-hydrogen) atoms. The van der Waals surface area contributed by atoms with E-state index in [1.807, 2.05) is 19.1 Å². The number of benzene rings is 1. The fourth-order valence-electron chi connectivity index (χ4n) is 1.62. The van der Waals surface area contributed by atoms with Gasteiger partial charge in [0.15, 0.2) is 0 Å². The number of carbonyl (C=O) groups is 1. The zero-order chi connectivity index (χ0) is 12.7. The molecule has 3 N–H and O–H groups in total. The molecule has 0 bridgehead atoms. The number of rotatable bonds is 6. The van der Waals surface area contributed by atoms with Gasteiger partial charge in [-0.1, -0.05) is 31.2 Å². The topological polar surface area (TPSA) is 55.1 Å². The van der Waals surface area contributed by atoms with Gasteiger partial charge in [0, 0.05) is 19.0 Å². The van der Waals surface area contributed by atoms with Crippen LogP contribution < -0.4 is 11.1 Å². The van der Waals surface area contributed by atoms with Crippen LogP contribution in [-0.4, -0.2) is 18.5 Å². The first kappa shape index (κ1) is 13.7. The van der Waals surface area contributed by atoms with Gasteiger partial charge in [-0.05, 0) is 30.9 Å². The summed E-state index contributed by atoms with van der Waals surface area (Å²) in [7, 11) is 0. The standard InChI is InChI=1S/C14H22N2O/c1-3-13(15)10-16-14(17)9-8-12-7-5-4-6-11(12)2/h4-7,13H,3,8-10,15H2,1-2H3,(H,16,17). The van der Waals surface area contributed by atoms with Crippen LogP contribution >= 0.6 is 0 Å². The molecule has 1 unspecified atom stereocenters. The maximum Gasteiger partial charge on any atom is 0.220 e. The first-order valence-electron chi connectivity index (χ1n) is 6.20. The molecule has 1 atom stereocenters. The average molecular weight is 234 g/mol. The third-order valence-corrected chi connectivity index (χ3v) is 2.97. The van der Waals surface area contributed by atoms with Crippen LogP contribution in [-0.2, 0) is 11.2 Å². The van der Waals surface area contributed by atoms with Gasteiger partial charge < -0.3 is 11.1 Å². The molecule has 0 aliphatic rings. The van der Waals surface area contributed by atoms with Gasteiger partial charge >= 0.3 is 0 Å². The predicted molar refractivity (Wildman–Crippen MR) is 70.8 cm³/mol. The number of aryl methyl sites for hydroxylation is 2. The largest absolute Gasteiger partial charge is 0.355 e. The summed E-state index contributed by atoms with van der Waals surface area (Å²) in [6.07, 6.45) is 2.21. The molecule has 1 aromatic carbocycles. The first-order chi connectivity index (χ1) is 8.13. The van der Waals surface area contributed by atoms with E-state index < -0.39 is 0 Å². The number of nitrogens with one attached hydrogen (secondary N) is 1. The van der Waals surface area contributed by atoms with Crippen molar-refractivity contribution in [1.29, 1.82) is 0 Å². The lowest BCUT2D eigenvalue weighted by Gasteiger charge is -2.10. The normalized spacial score (nSPS) is 12.2. The molecule has 0 saturated heterocycles. The maximum absolute atomic E-state index is 11.6. The van der Waals surface area contributed by atoms with Crippen molar-refractivity contribution in [3.05, 3.63) is 35.4 Å². The zero-order valence-electron chi connectivity index (χ0n) is 10.7. The van der Waals surface area contributed by atoms with Crippen LogP contribution in [0.4, 0.5) is 0 Å². The lowest BCUT2D eigenvalue weighted by Crippen LogP contribution is -2.36. The van der Waals surface area contributed by atoms with Crippen LogP contribution in [0.15, 0.2) is 24.3 Å². The minimum Gasteiger partial charge on any atom is -0.355 e. The van der Waals surface area contributed by atoms with Gasteiger partial charge in [0.25, 0.3) is 0 Å². The highest BCUT2D eigenvalue weighted by molar-refractivity contribution is 5.76. The predicted octanol–water partition coefficient (Wildman–Crippen LogP) is 1.78. The van der Waals surface area contributed by atoms with Gasteiger partial charge in [-0.15, -0.1) is 0 Å². The maximum atomic E-state index is 11.6. The summed E-state index contributed by atoms with van der Waals surface area (Å²) in [5.74, 6) is 0.0807. The lowest BCUT2D eigenvalue weighted by molar-refractivity contribution is -0.121. The third-order valence-electron chi connectivity index (χ3n) is 2.97. The molecule has 0 aliphatic heterocycles. The molecule has 1 aromatic rings. The molecule has 3 nitrogen and oxygen atoms in total. The highest BCUT2D eigenvalue weighted by atomic mass is 16.1. The molecule has 0 aromatic heterocycles. The van der Waals surface area contributed by atoms with Crippen LogP contribution in [0.2, 0.25) is 0 Å². The summed E-state index contributed by atoms with van der Waals surface area (Å²) < 4.78 is 0. The van der Waals surface area contributed by atoms with Crippen LogP contribution in [0, 0.1) is 6.92 Å². The molecule has 0 spiro atoms. The SMILES string of the molecule is CCC(N)CNC(=O)CCc1ccccc1C. The summed E-state index contributed by atoms with van der Waals surface area (Å²) in [4.78, 5) is 11.6. The van der Waals surface area contributed by atoms with Gasteiger partial charge in [0.05, 0.1) is 0 Å². The summed E-state index contributed by atoms with van der Waals surface area (Å²) in [6.45, 7) is 4.66. The summed E-state index contributed by atoms with van der Waals surface area (Å²) in [5.41, 5.74) is 8.22. The number of hydrogen-bond acceptors (Lipinski definition) is 2. The van der Waals surface area contributed by atoms with Gasteiger partial charge in [-0.2, -0.15) is 0 Å². The lowest BCUT2D eigenvalue weighted by atomic mass is 10.0. The van der Waals surface area contributed by atoms with Crippen LogP contribution in [0.5, 0.6) is 0 Å². The molecule has 0 radical (unpaired) electrons. The van der Waals surface area contributed by atoms with E-state index >= 15 is 0 Å². The molecule has 0 fully saturated rings. The molecule has 3 heteroatoms.